The van der Waals surface area contributed by atoms with E-state index in [1.54, 1.807) is 46.4 Å². The summed E-state index contributed by atoms with van der Waals surface area (Å²) in [7, 11) is 0. The van der Waals surface area contributed by atoms with Gasteiger partial charge in [-0.2, -0.15) is 0 Å². The van der Waals surface area contributed by atoms with Crippen LogP contribution >= 0.6 is 0 Å². The average Bonchev–Trinajstić information content (AvgIpc) is 3.62. The van der Waals surface area contributed by atoms with E-state index >= 15 is 0 Å². The molecule has 3 saturated heterocycles. The molecule has 390 valence electrons. The SMILES string of the molecule is CC(=O)N1CCN(C(=O)OC(C)(C)C)[C@@H]([C@@H](O)C(N)Cc2cc(F)cc(F)c2)C1.CCCCN1CC(C(=O)NC(Cc2cc(F)cc(F)c2)[C@H](O)[C@H]2CN(C(C)=O)CCN2C(=O)OC(C)(C)C)CC1=O. The Kier molecular flexibility index (Phi) is 20.0. The number of nitrogens with one attached hydrogen (secondary N) is 1. The standard InChI is InChI=1S/C29H42F2N4O6.C20H29F2N3O4/c1-6-7-8-34-16-20(14-25(34)37)27(39)32-23(13-19-11-21(30)15-22(31)12-19)26(38)24-17-33(18(2)36)9-10-35(24)28(40)41-29(3,4)5;1-12(26)24-5-6-25(19(28)29-20(2,3)4)17(11-24)18(27)16(23)9-13-7-14(21)10-15(22)8-13/h11-12,15,20,23-24,26,38H,6-10,13-14,16-17H2,1-5H3,(H,32,39);7-8,10,16-18,27H,5-6,9,11,23H2,1-4H3/t20?,23?,24-,26+;16?,17-,18+/m11/s1. The molecule has 2 aromatic rings. The number of nitrogens with two attached hydrogens (primary N) is 1. The highest BCUT2D eigenvalue weighted by molar-refractivity contribution is 5.89. The molecular formula is C49H71F4N7O10. The van der Waals surface area contributed by atoms with Crippen LogP contribution in [0, 0.1) is 29.2 Å². The smallest absolute Gasteiger partial charge is 0.410 e. The number of carbonyl (C=O) groups is 6. The lowest BCUT2D eigenvalue weighted by molar-refractivity contribution is -0.135. The number of unbranched alkanes of at least 4 members (excludes halogenated alkanes) is 1. The fraction of sp³-hybridized carbons (Fsp3) is 0.633. The Bertz CT molecular complexity index is 2130. The highest BCUT2D eigenvalue weighted by Gasteiger charge is 2.44. The van der Waals surface area contributed by atoms with Gasteiger partial charge in [-0.05, 0) is 96.2 Å². The molecule has 5 rings (SSSR count). The van der Waals surface area contributed by atoms with Gasteiger partial charge in [0.15, 0.2) is 0 Å². The molecule has 21 heteroatoms. The van der Waals surface area contributed by atoms with E-state index in [0.29, 0.717) is 13.1 Å². The van der Waals surface area contributed by atoms with Crippen molar-refractivity contribution in [3.63, 3.8) is 0 Å². The summed E-state index contributed by atoms with van der Waals surface area (Å²) in [6.07, 6.45) is -2.46. The molecule has 7 atom stereocenters. The van der Waals surface area contributed by atoms with Crippen LogP contribution in [0.25, 0.3) is 0 Å². The highest BCUT2D eigenvalue weighted by atomic mass is 19.1. The Morgan fingerprint density at radius 3 is 1.54 bits per heavy atom. The first-order valence-corrected chi connectivity index (χ1v) is 23.7. The van der Waals surface area contributed by atoms with Gasteiger partial charge in [-0.15, -0.1) is 0 Å². The summed E-state index contributed by atoms with van der Waals surface area (Å²) < 4.78 is 65.9. The monoisotopic (exact) mass is 994 g/mol. The quantitative estimate of drug-likeness (QED) is 0.210. The fourth-order valence-corrected chi connectivity index (χ4v) is 8.60. The summed E-state index contributed by atoms with van der Waals surface area (Å²) in [5.41, 5.74) is 5.03. The Balaban J connectivity index is 0.000000323. The molecule has 6 amide bonds. The van der Waals surface area contributed by atoms with Crippen molar-refractivity contribution in [1.29, 1.82) is 0 Å². The number of likely N-dealkylation sites (tertiary alicyclic amines) is 1. The molecule has 3 unspecified atom stereocenters. The zero-order valence-electron chi connectivity index (χ0n) is 41.7. The van der Waals surface area contributed by atoms with Gasteiger partial charge in [0.05, 0.1) is 36.3 Å². The Morgan fingerprint density at radius 2 is 1.13 bits per heavy atom. The van der Waals surface area contributed by atoms with Crippen molar-refractivity contribution >= 4 is 35.8 Å². The second kappa shape index (κ2) is 24.5. The van der Waals surface area contributed by atoms with Gasteiger partial charge in [0.25, 0.3) is 0 Å². The first-order valence-electron chi connectivity index (χ1n) is 23.7. The lowest BCUT2D eigenvalue weighted by Crippen LogP contribution is -2.65. The average molecular weight is 994 g/mol. The molecule has 2 aromatic carbocycles. The minimum atomic E-state index is -1.45. The number of rotatable bonds is 13. The maximum atomic E-state index is 14.0. The molecule has 0 radical (unpaired) electrons. The van der Waals surface area contributed by atoms with Crippen LogP contribution in [-0.4, -0.2) is 170 Å². The van der Waals surface area contributed by atoms with Gasteiger partial charge < -0.3 is 45.4 Å². The van der Waals surface area contributed by atoms with E-state index in [0.717, 1.165) is 49.2 Å². The molecule has 5 N–H and O–H groups in total. The molecular weight excluding hydrogens is 923 g/mol. The van der Waals surface area contributed by atoms with Gasteiger partial charge in [-0.1, -0.05) is 13.3 Å². The predicted molar refractivity (Wildman–Crippen MR) is 250 cm³/mol. The minimum Gasteiger partial charge on any atom is -0.444 e. The second-order valence-electron chi connectivity index (χ2n) is 20.2. The maximum Gasteiger partial charge on any atom is 0.410 e. The number of hydrogen-bond acceptors (Lipinski definition) is 11. The van der Waals surface area contributed by atoms with E-state index in [1.807, 2.05) is 6.92 Å². The highest BCUT2D eigenvalue weighted by Crippen LogP contribution is 2.25. The summed E-state index contributed by atoms with van der Waals surface area (Å²) in [6.45, 7) is 16.7. The lowest BCUT2D eigenvalue weighted by Gasteiger charge is -2.45. The van der Waals surface area contributed by atoms with E-state index in [-0.39, 0.29) is 87.4 Å². The summed E-state index contributed by atoms with van der Waals surface area (Å²) in [4.78, 5) is 83.0. The number of amides is 6. The number of aliphatic hydroxyl groups excluding tert-OH is 2. The lowest BCUT2D eigenvalue weighted by atomic mass is 9.93. The van der Waals surface area contributed by atoms with Crippen molar-refractivity contribution in [2.24, 2.45) is 11.7 Å². The normalized spacial score (nSPS) is 20.5. The summed E-state index contributed by atoms with van der Waals surface area (Å²) in [6, 6.07) is 2.15. The van der Waals surface area contributed by atoms with Crippen LogP contribution in [0.5, 0.6) is 0 Å². The van der Waals surface area contributed by atoms with Crippen LogP contribution in [0.2, 0.25) is 0 Å². The number of hydrogen-bond donors (Lipinski definition) is 4. The van der Waals surface area contributed by atoms with Gasteiger partial charge in [-0.3, -0.25) is 29.0 Å². The molecule has 70 heavy (non-hydrogen) atoms. The number of piperazine rings is 2. The molecule has 17 nitrogen and oxygen atoms in total. The third-order valence-electron chi connectivity index (χ3n) is 12.1. The van der Waals surface area contributed by atoms with Crippen LogP contribution in [0.15, 0.2) is 36.4 Å². The summed E-state index contributed by atoms with van der Waals surface area (Å²) in [5.74, 6) is -4.84. The molecule has 3 heterocycles. The van der Waals surface area contributed by atoms with E-state index in [9.17, 15) is 56.5 Å². The molecule has 0 bridgehead atoms. The van der Waals surface area contributed by atoms with E-state index in [4.69, 9.17) is 15.2 Å². The summed E-state index contributed by atoms with van der Waals surface area (Å²) in [5, 5.41) is 25.4. The van der Waals surface area contributed by atoms with E-state index < -0.39 is 94.9 Å². The molecule has 3 aliphatic rings. The summed E-state index contributed by atoms with van der Waals surface area (Å²) >= 11 is 0. The first kappa shape index (κ1) is 57.0. The molecule has 3 fully saturated rings. The topological polar surface area (TPSA) is 216 Å². The van der Waals surface area contributed by atoms with Crippen molar-refractivity contribution in [1.82, 2.24) is 29.8 Å². The van der Waals surface area contributed by atoms with Crippen LogP contribution in [0.4, 0.5) is 27.2 Å². The van der Waals surface area contributed by atoms with E-state index in [2.05, 4.69) is 5.32 Å². The zero-order valence-corrected chi connectivity index (χ0v) is 41.7. The Labute approximate surface area is 407 Å². The Morgan fingerprint density at radius 1 is 0.700 bits per heavy atom. The van der Waals surface area contributed by atoms with Crippen LogP contribution in [0.1, 0.15) is 92.7 Å². The maximum absolute atomic E-state index is 14.0. The van der Waals surface area contributed by atoms with E-state index in [1.165, 1.54) is 33.4 Å². The number of nitrogens with zero attached hydrogens (tertiary/aromatic N) is 5. The van der Waals surface area contributed by atoms with Gasteiger partial charge in [0.2, 0.25) is 23.6 Å². The number of aliphatic hydroxyl groups is 2. The third kappa shape index (κ3) is 16.8. The van der Waals surface area contributed by atoms with Gasteiger partial charge >= 0.3 is 12.2 Å². The number of ether oxygens (including phenoxy) is 2. The van der Waals surface area contributed by atoms with Gasteiger partial charge in [0.1, 0.15) is 34.5 Å². The number of carbonyl (C=O) groups excluding carboxylic acids is 6. The predicted octanol–water partition coefficient (Wildman–Crippen LogP) is 4.13. The van der Waals surface area contributed by atoms with Crippen molar-refractivity contribution in [2.75, 3.05) is 52.4 Å². The Hall–Kier alpha value is -5.54. The molecule has 0 aliphatic carbocycles. The molecule has 0 aromatic heterocycles. The second-order valence-corrected chi connectivity index (χ2v) is 20.2. The zero-order chi connectivity index (χ0) is 52.4. The number of benzene rings is 2. The minimum absolute atomic E-state index is 0.00538. The van der Waals surface area contributed by atoms with Crippen molar-refractivity contribution in [2.45, 2.75) is 142 Å². The van der Waals surface area contributed by atoms with Crippen LogP contribution in [-0.2, 0) is 41.5 Å². The molecule has 3 aliphatic heterocycles. The molecule has 0 saturated carbocycles. The largest absolute Gasteiger partial charge is 0.444 e. The third-order valence-corrected chi connectivity index (χ3v) is 12.1. The van der Waals surface area contributed by atoms with Crippen molar-refractivity contribution in [3.8, 4) is 0 Å². The van der Waals surface area contributed by atoms with Gasteiger partial charge in [0, 0.05) is 90.8 Å². The number of halogens is 4. The van der Waals surface area contributed by atoms with Crippen molar-refractivity contribution in [3.05, 3.63) is 70.8 Å². The first-order chi connectivity index (χ1) is 32.5. The van der Waals surface area contributed by atoms with Crippen LogP contribution in [0.3, 0.4) is 0 Å². The van der Waals surface area contributed by atoms with Gasteiger partial charge in [-0.25, -0.2) is 27.2 Å². The van der Waals surface area contributed by atoms with Crippen LogP contribution < -0.4 is 11.1 Å². The van der Waals surface area contributed by atoms with Crippen molar-refractivity contribution < 1.29 is 66.0 Å². The molecule has 0 spiro atoms. The fourth-order valence-electron chi connectivity index (χ4n) is 8.60.